The van der Waals surface area contributed by atoms with Crippen LogP contribution in [0.25, 0.3) is 11.0 Å². The van der Waals surface area contributed by atoms with E-state index in [9.17, 15) is 0 Å². The molecule has 0 fully saturated rings. The highest BCUT2D eigenvalue weighted by molar-refractivity contribution is 7.07. The Labute approximate surface area is 107 Å². The Balaban J connectivity index is 2.00. The van der Waals surface area contributed by atoms with Crippen molar-refractivity contribution in [2.24, 2.45) is 0 Å². The number of aromatic nitrogens is 5. The van der Waals surface area contributed by atoms with Gasteiger partial charge in [-0.25, -0.2) is 4.98 Å². The lowest BCUT2D eigenvalue weighted by molar-refractivity contribution is 0.878. The largest absolute Gasteiger partial charge is 0.368 e. The number of nitrogen functional groups attached to an aromatic ring is 1. The maximum absolute atomic E-state index is 5.68. The van der Waals surface area contributed by atoms with E-state index in [0.29, 0.717) is 12.2 Å². The first-order valence-electron chi connectivity index (χ1n) is 5.29. The minimum absolute atomic E-state index is 0.229. The van der Waals surface area contributed by atoms with Gasteiger partial charge in [-0.2, -0.15) is 15.1 Å². The third-order valence-corrected chi connectivity index (χ3v) is 3.19. The number of aromatic amines is 1. The van der Waals surface area contributed by atoms with Crippen molar-refractivity contribution in [3.63, 3.8) is 0 Å². The van der Waals surface area contributed by atoms with Crippen molar-refractivity contribution >= 4 is 34.1 Å². The van der Waals surface area contributed by atoms with Crippen LogP contribution in [-0.2, 0) is 6.54 Å². The van der Waals surface area contributed by atoms with Gasteiger partial charge < -0.3 is 10.6 Å². The second kappa shape index (κ2) is 4.22. The van der Waals surface area contributed by atoms with E-state index < -0.39 is 0 Å². The number of fused-ring (bicyclic) bond motifs is 1. The highest BCUT2D eigenvalue weighted by Crippen LogP contribution is 2.23. The van der Waals surface area contributed by atoms with Crippen molar-refractivity contribution < 1.29 is 0 Å². The van der Waals surface area contributed by atoms with Crippen LogP contribution in [0.4, 0.5) is 11.8 Å². The molecule has 3 rings (SSSR count). The summed E-state index contributed by atoms with van der Waals surface area (Å²) in [4.78, 5) is 14.6. The minimum atomic E-state index is 0.229. The monoisotopic (exact) mass is 261 g/mol. The summed E-state index contributed by atoms with van der Waals surface area (Å²) in [6.45, 7) is 0.667. The van der Waals surface area contributed by atoms with Gasteiger partial charge in [0.15, 0.2) is 5.65 Å². The molecule has 0 aromatic carbocycles. The number of H-pyrrole nitrogens is 1. The van der Waals surface area contributed by atoms with Crippen molar-refractivity contribution in [2.75, 3.05) is 17.7 Å². The third kappa shape index (κ3) is 1.86. The summed E-state index contributed by atoms with van der Waals surface area (Å²) >= 11 is 1.57. The zero-order valence-electron chi connectivity index (χ0n) is 9.66. The Morgan fingerprint density at radius 1 is 1.44 bits per heavy atom. The van der Waals surface area contributed by atoms with Crippen LogP contribution in [0, 0.1) is 0 Å². The Bertz CT molecular complexity index is 660. The van der Waals surface area contributed by atoms with Gasteiger partial charge in [-0.15, -0.1) is 11.3 Å². The number of rotatable bonds is 3. The van der Waals surface area contributed by atoms with Gasteiger partial charge in [-0.1, -0.05) is 0 Å². The highest BCUT2D eigenvalue weighted by atomic mass is 32.1. The zero-order chi connectivity index (χ0) is 12.5. The fourth-order valence-electron chi connectivity index (χ4n) is 1.76. The van der Waals surface area contributed by atoms with Gasteiger partial charge in [0.1, 0.15) is 5.82 Å². The van der Waals surface area contributed by atoms with Crippen LogP contribution in [0.1, 0.15) is 5.69 Å². The Hall–Kier alpha value is -2.22. The second-order valence-electron chi connectivity index (χ2n) is 3.87. The molecule has 0 aliphatic carbocycles. The van der Waals surface area contributed by atoms with E-state index in [1.165, 1.54) is 0 Å². The van der Waals surface area contributed by atoms with Crippen LogP contribution in [0.15, 0.2) is 17.1 Å². The fourth-order valence-corrected chi connectivity index (χ4v) is 2.31. The van der Waals surface area contributed by atoms with Gasteiger partial charge in [0.25, 0.3) is 0 Å². The van der Waals surface area contributed by atoms with E-state index >= 15 is 0 Å². The standard InChI is InChI=1S/C10H11N7S/c1-17(3-6-4-18-5-12-6)9-7-2-13-16-8(7)14-10(11)15-9/h2,4-5H,3H2,1H3,(H3,11,13,14,15,16). The average molecular weight is 261 g/mol. The summed E-state index contributed by atoms with van der Waals surface area (Å²) in [5.41, 5.74) is 9.13. The first kappa shape index (κ1) is 10.9. The summed E-state index contributed by atoms with van der Waals surface area (Å²) in [5.74, 6) is 0.978. The zero-order valence-corrected chi connectivity index (χ0v) is 10.5. The molecule has 3 heterocycles. The van der Waals surface area contributed by atoms with Crippen LogP contribution in [0.3, 0.4) is 0 Å². The Morgan fingerprint density at radius 2 is 2.33 bits per heavy atom. The topological polar surface area (TPSA) is 96.6 Å². The molecule has 92 valence electrons. The van der Waals surface area contributed by atoms with E-state index in [1.807, 2.05) is 22.8 Å². The SMILES string of the molecule is CN(Cc1cscn1)c1nc(N)nc2[nH]ncc12. The molecular weight excluding hydrogens is 250 g/mol. The molecule has 0 spiro atoms. The van der Waals surface area contributed by atoms with Crippen LogP contribution in [0.5, 0.6) is 0 Å². The molecule has 0 unspecified atom stereocenters. The van der Waals surface area contributed by atoms with E-state index in [-0.39, 0.29) is 5.95 Å². The number of anilines is 2. The lowest BCUT2D eigenvalue weighted by Gasteiger charge is -2.17. The lowest BCUT2D eigenvalue weighted by Crippen LogP contribution is -2.19. The molecule has 0 bridgehead atoms. The molecule has 0 radical (unpaired) electrons. The molecule has 0 atom stereocenters. The molecule has 0 saturated carbocycles. The minimum Gasteiger partial charge on any atom is -0.368 e. The number of nitrogens with zero attached hydrogens (tertiary/aromatic N) is 5. The summed E-state index contributed by atoms with van der Waals surface area (Å²) in [7, 11) is 1.94. The maximum Gasteiger partial charge on any atom is 0.224 e. The van der Waals surface area contributed by atoms with E-state index in [0.717, 1.165) is 16.9 Å². The molecule has 3 aromatic rings. The van der Waals surface area contributed by atoms with E-state index in [1.54, 1.807) is 17.5 Å². The first-order valence-corrected chi connectivity index (χ1v) is 6.23. The van der Waals surface area contributed by atoms with Gasteiger partial charge in [0, 0.05) is 12.4 Å². The van der Waals surface area contributed by atoms with Crippen LogP contribution < -0.4 is 10.6 Å². The second-order valence-corrected chi connectivity index (χ2v) is 4.59. The summed E-state index contributed by atoms with van der Waals surface area (Å²) in [5, 5.41) is 9.61. The van der Waals surface area contributed by atoms with Crippen molar-refractivity contribution in [1.29, 1.82) is 0 Å². The van der Waals surface area contributed by atoms with Gasteiger partial charge in [0.2, 0.25) is 5.95 Å². The van der Waals surface area contributed by atoms with Gasteiger partial charge in [-0.05, 0) is 0 Å². The predicted octanol–water partition coefficient (Wildman–Crippen LogP) is 1.03. The first-order chi connectivity index (χ1) is 8.74. The van der Waals surface area contributed by atoms with E-state index in [2.05, 4.69) is 25.1 Å². The molecule has 8 heteroatoms. The number of hydrogen-bond donors (Lipinski definition) is 2. The quantitative estimate of drug-likeness (QED) is 0.731. The van der Waals surface area contributed by atoms with Crippen molar-refractivity contribution in [2.45, 2.75) is 6.54 Å². The molecule has 3 aromatic heterocycles. The number of thiazole rings is 1. The van der Waals surface area contributed by atoms with Crippen LogP contribution >= 0.6 is 11.3 Å². The predicted molar refractivity (Wildman–Crippen MR) is 70.3 cm³/mol. The van der Waals surface area contributed by atoms with Crippen LogP contribution in [-0.4, -0.2) is 32.2 Å². The van der Waals surface area contributed by atoms with Crippen molar-refractivity contribution in [1.82, 2.24) is 25.1 Å². The Kier molecular flexibility index (Phi) is 2.56. The van der Waals surface area contributed by atoms with E-state index in [4.69, 9.17) is 5.73 Å². The third-order valence-electron chi connectivity index (χ3n) is 2.55. The Morgan fingerprint density at radius 3 is 3.11 bits per heavy atom. The normalized spacial score (nSPS) is 10.9. The molecule has 18 heavy (non-hydrogen) atoms. The van der Waals surface area contributed by atoms with Crippen molar-refractivity contribution in [3.05, 3.63) is 22.8 Å². The van der Waals surface area contributed by atoms with Crippen LogP contribution in [0.2, 0.25) is 0 Å². The number of nitrogens with one attached hydrogen (secondary N) is 1. The molecule has 7 nitrogen and oxygen atoms in total. The molecule has 0 aliphatic rings. The van der Waals surface area contributed by atoms with Gasteiger partial charge >= 0.3 is 0 Å². The fraction of sp³-hybridized carbons (Fsp3) is 0.200. The molecule has 0 aliphatic heterocycles. The molecule has 0 amide bonds. The average Bonchev–Trinajstić information content (AvgIpc) is 2.97. The smallest absolute Gasteiger partial charge is 0.224 e. The molecule has 0 saturated heterocycles. The number of hydrogen-bond acceptors (Lipinski definition) is 7. The maximum atomic E-state index is 5.68. The molecular formula is C10H11N7S. The highest BCUT2D eigenvalue weighted by Gasteiger charge is 2.12. The summed E-state index contributed by atoms with van der Waals surface area (Å²) in [6, 6.07) is 0. The molecule has 3 N–H and O–H groups in total. The lowest BCUT2D eigenvalue weighted by atomic mass is 10.3. The summed E-state index contributed by atoms with van der Waals surface area (Å²) in [6.07, 6.45) is 1.70. The van der Waals surface area contributed by atoms with Crippen molar-refractivity contribution in [3.8, 4) is 0 Å². The van der Waals surface area contributed by atoms with Gasteiger partial charge in [0.05, 0.1) is 29.3 Å². The number of nitrogens with two attached hydrogens (primary N) is 1. The summed E-state index contributed by atoms with van der Waals surface area (Å²) < 4.78 is 0. The van der Waals surface area contributed by atoms with Gasteiger partial charge in [-0.3, -0.25) is 5.10 Å².